The fourth-order valence-corrected chi connectivity index (χ4v) is 3.98. The SMILES string of the molecule is Cc1ccc(N(C)CCN2CC[C@H](CCCc3cccc4ncnn34)C2=O)nc1. The average molecular weight is 393 g/mol. The molecule has 4 heterocycles. The van der Waals surface area contributed by atoms with Crippen LogP contribution in [0.2, 0.25) is 0 Å². The molecule has 152 valence electrons. The van der Waals surface area contributed by atoms with Crippen LogP contribution in [0.5, 0.6) is 0 Å². The van der Waals surface area contributed by atoms with Gasteiger partial charge in [0.05, 0.1) is 0 Å². The van der Waals surface area contributed by atoms with Crippen LogP contribution in [-0.4, -0.2) is 57.1 Å². The summed E-state index contributed by atoms with van der Waals surface area (Å²) < 4.78 is 1.89. The molecule has 0 N–H and O–H groups in total. The average Bonchev–Trinajstić information content (AvgIpc) is 3.34. The fourth-order valence-electron chi connectivity index (χ4n) is 3.98. The van der Waals surface area contributed by atoms with Gasteiger partial charge >= 0.3 is 0 Å². The minimum absolute atomic E-state index is 0.146. The standard InChI is InChI=1S/C22H28N6O/c1-17-9-10-20(23-15-17)26(2)13-14-27-12-11-18(22(27)29)5-3-6-19-7-4-8-21-24-16-25-28(19)21/h4,7-10,15-16,18H,3,5-6,11-14H2,1-2H3/t18-/m0/s1. The number of hydrogen-bond acceptors (Lipinski definition) is 5. The quantitative estimate of drug-likeness (QED) is 0.590. The Kier molecular flexibility index (Phi) is 5.74. The highest BCUT2D eigenvalue weighted by atomic mass is 16.2. The number of fused-ring (bicyclic) bond motifs is 1. The summed E-state index contributed by atoms with van der Waals surface area (Å²) in [7, 11) is 2.03. The van der Waals surface area contributed by atoms with Gasteiger partial charge in [-0.05, 0) is 56.4 Å². The smallest absolute Gasteiger partial charge is 0.225 e. The Balaban J connectivity index is 1.24. The van der Waals surface area contributed by atoms with Crippen LogP contribution in [0.25, 0.3) is 5.65 Å². The highest BCUT2D eigenvalue weighted by Gasteiger charge is 2.30. The Morgan fingerprint density at radius 1 is 1.21 bits per heavy atom. The molecule has 29 heavy (non-hydrogen) atoms. The third kappa shape index (κ3) is 4.39. The van der Waals surface area contributed by atoms with Gasteiger partial charge in [0.2, 0.25) is 5.91 Å². The molecule has 1 fully saturated rings. The molecule has 1 saturated heterocycles. The van der Waals surface area contributed by atoms with Crippen molar-refractivity contribution >= 4 is 17.4 Å². The van der Waals surface area contributed by atoms with Crippen molar-refractivity contribution in [2.24, 2.45) is 5.92 Å². The van der Waals surface area contributed by atoms with Crippen LogP contribution in [-0.2, 0) is 11.2 Å². The van der Waals surface area contributed by atoms with Gasteiger partial charge in [-0.15, -0.1) is 0 Å². The predicted molar refractivity (Wildman–Crippen MR) is 113 cm³/mol. The first kappa shape index (κ1) is 19.4. The summed E-state index contributed by atoms with van der Waals surface area (Å²) in [4.78, 5) is 25.6. The van der Waals surface area contributed by atoms with Gasteiger partial charge in [0.25, 0.3) is 0 Å². The van der Waals surface area contributed by atoms with Crippen molar-refractivity contribution in [3.05, 3.63) is 54.1 Å². The maximum absolute atomic E-state index is 12.8. The number of likely N-dealkylation sites (tertiary alicyclic amines) is 1. The number of hydrogen-bond donors (Lipinski definition) is 0. The first-order valence-corrected chi connectivity index (χ1v) is 10.3. The van der Waals surface area contributed by atoms with Crippen molar-refractivity contribution in [3.63, 3.8) is 0 Å². The molecule has 7 nitrogen and oxygen atoms in total. The van der Waals surface area contributed by atoms with Gasteiger partial charge in [0, 0.05) is 44.5 Å². The molecule has 0 bridgehead atoms. The van der Waals surface area contributed by atoms with Gasteiger partial charge < -0.3 is 9.80 Å². The molecule has 0 saturated carbocycles. The number of anilines is 1. The number of carbonyl (C=O) groups excluding carboxylic acids is 1. The number of carbonyl (C=O) groups is 1. The van der Waals surface area contributed by atoms with E-state index < -0.39 is 0 Å². The summed E-state index contributed by atoms with van der Waals surface area (Å²) in [6.07, 6.45) is 7.24. The topological polar surface area (TPSA) is 66.6 Å². The summed E-state index contributed by atoms with van der Waals surface area (Å²) in [5.41, 5.74) is 3.17. The Morgan fingerprint density at radius 2 is 2.10 bits per heavy atom. The van der Waals surface area contributed by atoms with Gasteiger partial charge in [0.1, 0.15) is 12.1 Å². The Morgan fingerprint density at radius 3 is 2.93 bits per heavy atom. The monoisotopic (exact) mass is 392 g/mol. The number of nitrogens with zero attached hydrogens (tertiary/aromatic N) is 6. The van der Waals surface area contributed by atoms with E-state index in [9.17, 15) is 4.79 Å². The summed E-state index contributed by atoms with van der Waals surface area (Å²) in [6, 6.07) is 10.1. The highest BCUT2D eigenvalue weighted by Crippen LogP contribution is 2.24. The molecule has 3 aromatic rings. The normalized spacial score (nSPS) is 16.7. The van der Waals surface area contributed by atoms with E-state index in [-0.39, 0.29) is 5.92 Å². The molecular weight excluding hydrogens is 364 g/mol. The molecule has 0 unspecified atom stereocenters. The van der Waals surface area contributed by atoms with Gasteiger partial charge in [0.15, 0.2) is 5.65 Å². The molecule has 0 spiro atoms. The molecule has 4 rings (SSSR count). The highest BCUT2D eigenvalue weighted by molar-refractivity contribution is 5.80. The van der Waals surface area contributed by atoms with Crippen LogP contribution in [0.1, 0.15) is 30.5 Å². The number of amides is 1. The number of likely N-dealkylation sites (N-methyl/N-ethyl adjacent to an activating group) is 1. The zero-order valence-corrected chi connectivity index (χ0v) is 17.2. The summed E-state index contributed by atoms with van der Waals surface area (Å²) in [5.74, 6) is 1.39. The minimum atomic E-state index is 0.146. The first-order valence-electron chi connectivity index (χ1n) is 10.3. The van der Waals surface area contributed by atoms with Crippen LogP contribution >= 0.6 is 0 Å². The summed E-state index contributed by atoms with van der Waals surface area (Å²) in [5, 5.41) is 4.29. The van der Waals surface area contributed by atoms with Crippen molar-refractivity contribution in [2.75, 3.05) is 31.6 Å². The van der Waals surface area contributed by atoms with Gasteiger partial charge in [-0.3, -0.25) is 4.79 Å². The molecule has 3 aromatic heterocycles. The number of aromatic nitrogens is 4. The van der Waals surface area contributed by atoms with E-state index in [2.05, 4.69) is 32.1 Å². The molecular formula is C22H28N6O. The van der Waals surface area contributed by atoms with Gasteiger partial charge in [-0.2, -0.15) is 5.10 Å². The van der Waals surface area contributed by atoms with Crippen LogP contribution in [0.4, 0.5) is 5.82 Å². The number of pyridine rings is 2. The van der Waals surface area contributed by atoms with E-state index in [0.717, 1.165) is 68.0 Å². The third-order valence-electron chi connectivity index (χ3n) is 5.77. The van der Waals surface area contributed by atoms with Crippen molar-refractivity contribution in [2.45, 2.75) is 32.6 Å². The molecule has 1 aliphatic rings. The number of aryl methyl sites for hydroxylation is 2. The zero-order valence-electron chi connectivity index (χ0n) is 17.2. The van der Waals surface area contributed by atoms with Crippen molar-refractivity contribution < 1.29 is 4.79 Å². The first-order chi connectivity index (χ1) is 14.1. The number of rotatable bonds is 8. The van der Waals surface area contributed by atoms with Gasteiger partial charge in [-0.1, -0.05) is 12.1 Å². The van der Waals surface area contributed by atoms with Crippen molar-refractivity contribution in [3.8, 4) is 0 Å². The maximum atomic E-state index is 12.8. The van der Waals surface area contributed by atoms with Crippen LogP contribution < -0.4 is 4.90 Å². The van der Waals surface area contributed by atoms with E-state index in [1.807, 2.05) is 47.8 Å². The molecule has 7 heteroatoms. The predicted octanol–water partition coefficient (Wildman–Crippen LogP) is 2.74. The second kappa shape index (κ2) is 8.59. The van der Waals surface area contributed by atoms with Crippen LogP contribution in [0, 0.1) is 12.8 Å². The Labute approximate surface area is 171 Å². The lowest BCUT2D eigenvalue weighted by Crippen LogP contribution is -2.35. The second-order valence-corrected chi connectivity index (χ2v) is 7.87. The van der Waals surface area contributed by atoms with Crippen LogP contribution in [0.3, 0.4) is 0 Å². The lowest BCUT2D eigenvalue weighted by atomic mass is 10.00. The van der Waals surface area contributed by atoms with Crippen molar-refractivity contribution in [1.82, 2.24) is 24.5 Å². The fraction of sp³-hybridized carbons (Fsp3) is 0.455. The molecule has 1 atom stereocenters. The third-order valence-corrected chi connectivity index (χ3v) is 5.77. The van der Waals surface area contributed by atoms with E-state index in [0.29, 0.717) is 5.91 Å². The zero-order chi connectivity index (χ0) is 20.2. The molecule has 1 aliphatic heterocycles. The summed E-state index contributed by atoms with van der Waals surface area (Å²) in [6.45, 7) is 4.44. The molecule has 0 radical (unpaired) electrons. The summed E-state index contributed by atoms with van der Waals surface area (Å²) >= 11 is 0. The maximum Gasteiger partial charge on any atom is 0.225 e. The Hall–Kier alpha value is -2.96. The largest absolute Gasteiger partial charge is 0.358 e. The lowest BCUT2D eigenvalue weighted by Gasteiger charge is -2.23. The van der Waals surface area contributed by atoms with Gasteiger partial charge in [-0.25, -0.2) is 14.5 Å². The second-order valence-electron chi connectivity index (χ2n) is 7.87. The minimum Gasteiger partial charge on any atom is -0.358 e. The lowest BCUT2D eigenvalue weighted by molar-refractivity contribution is -0.131. The van der Waals surface area contributed by atoms with E-state index >= 15 is 0 Å². The molecule has 0 aromatic carbocycles. The van der Waals surface area contributed by atoms with E-state index in [4.69, 9.17) is 0 Å². The molecule has 1 amide bonds. The van der Waals surface area contributed by atoms with Crippen molar-refractivity contribution in [1.29, 1.82) is 0 Å². The van der Waals surface area contributed by atoms with E-state index in [1.54, 1.807) is 6.33 Å². The van der Waals surface area contributed by atoms with Crippen LogP contribution in [0.15, 0.2) is 42.9 Å². The van der Waals surface area contributed by atoms with E-state index in [1.165, 1.54) is 0 Å². The Bertz CT molecular complexity index is 967. The molecule has 0 aliphatic carbocycles.